The van der Waals surface area contributed by atoms with E-state index >= 15 is 0 Å². The topological polar surface area (TPSA) is 102 Å². The molecule has 2 aromatic carbocycles. The smallest absolute Gasteiger partial charge is 0.380 e. The number of alkyl halides is 5. The van der Waals surface area contributed by atoms with Crippen LogP contribution >= 0.6 is 0 Å². The minimum absolute atomic E-state index is 0.0586. The molecule has 3 N–H and O–H groups in total. The van der Waals surface area contributed by atoms with Crippen LogP contribution in [0.2, 0.25) is 0 Å². The number of halogens is 5. The molecule has 0 amide bonds. The molecule has 0 saturated carbocycles. The molecule has 3 rings (SSSR count). The number of pyridine rings is 1. The van der Waals surface area contributed by atoms with Crippen molar-refractivity contribution in [1.82, 2.24) is 10.3 Å². The van der Waals surface area contributed by atoms with Gasteiger partial charge in [0.05, 0.1) is 21.7 Å². The molecule has 0 fully saturated rings. The van der Waals surface area contributed by atoms with Crippen molar-refractivity contribution in [3.8, 4) is 0 Å². The van der Waals surface area contributed by atoms with E-state index in [4.69, 9.17) is 5.73 Å². The molecule has 0 aliphatic heterocycles. The molecule has 0 bridgehead atoms. The van der Waals surface area contributed by atoms with E-state index in [0.29, 0.717) is 11.6 Å². The van der Waals surface area contributed by atoms with Gasteiger partial charge in [-0.05, 0) is 41.8 Å². The molecule has 1 atom stereocenters. The van der Waals surface area contributed by atoms with E-state index in [-0.39, 0.29) is 27.7 Å². The van der Waals surface area contributed by atoms with Crippen LogP contribution in [-0.2, 0) is 38.1 Å². The maximum atomic E-state index is 13.6. The molecule has 0 aliphatic rings. The number of rotatable bonds is 8. The molecule has 1 aromatic heterocycles. The van der Waals surface area contributed by atoms with Gasteiger partial charge in [0.15, 0.2) is 9.84 Å². The summed E-state index contributed by atoms with van der Waals surface area (Å²) in [6.07, 6.45) is -3.11. The van der Waals surface area contributed by atoms with Gasteiger partial charge in [0.25, 0.3) is 0 Å². The summed E-state index contributed by atoms with van der Waals surface area (Å²) < 4.78 is 105. The van der Waals surface area contributed by atoms with Gasteiger partial charge in [-0.3, -0.25) is 14.9 Å². The highest BCUT2D eigenvalue weighted by molar-refractivity contribution is 8.00. The second-order valence-corrected chi connectivity index (χ2v) is 12.4. The highest BCUT2D eigenvalue weighted by Gasteiger charge is 2.32. The minimum atomic E-state index is -4.64. The fraction of sp³-hybridized carbons (Fsp3) is 0.167. The van der Waals surface area contributed by atoms with Gasteiger partial charge in [-0.15, -0.1) is 0 Å². The number of aromatic nitrogens is 1. The monoisotopic (exact) mass is 559 g/mol. The SMILES string of the molecule is C=C(NCc1ccccc1S(=C)(=O)c1cccc(C(F)(F)F)c1)c1ncc(C(N)(F)F)cc1S(C)(=O)=O. The van der Waals surface area contributed by atoms with E-state index in [0.717, 1.165) is 30.7 Å². The van der Waals surface area contributed by atoms with E-state index in [1.807, 2.05) is 0 Å². The van der Waals surface area contributed by atoms with E-state index < -0.39 is 47.6 Å². The van der Waals surface area contributed by atoms with Crippen molar-refractivity contribution in [2.24, 2.45) is 5.73 Å². The second kappa shape index (κ2) is 9.88. The van der Waals surface area contributed by atoms with Crippen molar-refractivity contribution in [2.45, 2.75) is 33.5 Å². The highest BCUT2D eigenvalue weighted by atomic mass is 32.2. The number of hydrogen-bond acceptors (Lipinski definition) is 6. The summed E-state index contributed by atoms with van der Waals surface area (Å²) in [5, 5.41) is 2.81. The molecule has 1 heterocycles. The van der Waals surface area contributed by atoms with Crippen molar-refractivity contribution >= 4 is 30.9 Å². The van der Waals surface area contributed by atoms with Crippen molar-refractivity contribution in [2.75, 3.05) is 6.26 Å². The van der Waals surface area contributed by atoms with E-state index in [1.54, 1.807) is 18.2 Å². The van der Waals surface area contributed by atoms with Gasteiger partial charge < -0.3 is 5.32 Å². The number of benzene rings is 2. The molecule has 0 aliphatic carbocycles. The van der Waals surface area contributed by atoms with Gasteiger partial charge in [-0.2, -0.15) is 22.0 Å². The molecule has 0 radical (unpaired) electrons. The van der Waals surface area contributed by atoms with Gasteiger partial charge in [0, 0.05) is 38.3 Å². The molecule has 0 saturated heterocycles. The van der Waals surface area contributed by atoms with Crippen LogP contribution in [0.3, 0.4) is 0 Å². The molecule has 13 heteroatoms. The molecule has 198 valence electrons. The second-order valence-electron chi connectivity index (χ2n) is 8.11. The molecular weight excluding hydrogens is 537 g/mol. The number of nitrogens with two attached hydrogens (primary N) is 1. The van der Waals surface area contributed by atoms with Crippen LogP contribution < -0.4 is 11.1 Å². The Bertz CT molecular complexity index is 1560. The Morgan fingerprint density at radius 2 is 1.62 bits per heavy atom. The van der Waals surface area contributed by atoms with Crippen LogP contribution in [0.25, 0.3) is 5.70 Å². The summed E-state index contributed by atoms with van der Waals surface area (Å²) in [6.45, 7) is 3.61. The summed E-state index contributed by atoms with van der Waals surface area (Å²) in [7, 11) is -7.42. The van der Waals surface area contributed by atoms with Crippen molar-refractivity contribution in [3.05, 3.63) is 89.8 Å². The lowest BCUT2D eigenvalue weighted by atomic mass is 10.2. The van der Waals surface area contributed by atoms with Crippen molar-refractivity contribution < 1.29 is 34.6 Å². The zero-order chi connectivity index (χ0) is 27.8. The third kappa shape index (κ3) is 6.35. The summed E-state index contributed by atoms with van der Waals surface area (Å²) in [6, 6.07) is 7.08. The Kier molecular flexibility index (Phi) is 7.55. The predicted octanol–water partition coefficient (Wildman–Crippen LogP) is 4.41. The first-order chi connectivity index (χ1) is 16.9. The zero-order valence-electron chi connectivity index (χ0n) is 19.4. The maximum absolute atomic E-state index is 13.6. The lowest BCUT2D eigenvalue weighted by Gasteiger charge is -2.18. The Balaban J connectivity index is 1.96. The number of nitrogens with zero attached hydrogens (tertiary/aromatic N) is 1. The maximum Gasteiger partial charge on any atom is 0.416 e. The van der Waals surface area contributed by atoms with Crippen LogP contribution in [0.15, 0.2) is 82.1 Å². The van der Waals surface area contributed by atoms with Gasteiger partial charge >= 0.3 is 12.2 Å². The van der Waals surface area contributed by atoms with Crippen molar-refractivity contribution in [1.29, 1.82) is 0 Å². The minimum Gasteiger partial charge on any atom is -0.380 e. The number of sulfone groups is 1. The molecule has 3 aromatic rings. The Morgan fingerprint density at radius 3 is 2.22 bits per heavy atom. The highest BCUT2D eigenvalue weighted by Crippen LogP contribution is 2.33. The van der Waals surface area contributed by atoms with Crippen LogP contribution in [0.1, 0.15) is 22.4 Å². The number of hydrogen-bond donors (Lipinski definition) is 2. The normalized spacial score (nSPS) is 14.1. The third-order valence-corrected chi connectivity index (χ3v) is 8.52. The summed E-state index contributed by atoms with van der Waals surface area (Å²) >= 11 is 0. The summed E-state index contributed by atoms with van der Waals surface area (Å²) in [5.74, 6) is 3.69. The zero-order valence-corrected chi connectivity index (χ0v) is 21.0. The predicted molar refractivity (Wildman–Crippen MR) is 131 cm³/mol. The first-order valence-corrected chi connectivity index (χ1v) is 14.0. The third-order valence-electron chi connectivity index (χ3n) is 5.29. The first-order valence-electron chi connectivity index (χ1n) is 10.4. The quantitative estimate of drug-likeness (QED) is 0.241. The average Bonchev–Trinajstić information content (AvgIpc) is 2.80. The fourth-order valence-electron chi connectivity index (χ4n) is 3.40. The van der Waals surface area contributed by atoms with Crippen LogP contribution in [0, 0.1) is 0 Å². The van der Waals surface area contributed by atoms with E-state index in [9.17, 15) is 34.6 Å². The molecule has 0 spiro atoms. The average molecular weight is 560 g/mol. The van der Waals surface area contributed by atoms with Crippen LogP contribution in [0.4, 0.5) is 22.0 Å². The first kappa shape index (κ1) is 28.3. The van der Waals surface area contributed by atoms with Gasteiger partial charge in [-0.25, -0.2) is 8.42 Å². The summed E-state index contributed by atoms with van der Waals surface area (Å²) in [5.41, 5.74) is 3.05. The lowest BCUT2D eigenvalue weighted by molar-refractivity contribution is -0.137. The number of nitrogens with one attached hydrogen (secondary N) is 1. The molecule has 37 heavy (non-hydrogen) atoms. The van der Waals surface area contributed by atoms with E-state index in [2.05, 4.69) is 22.8 Å². The Hall–Kier alpha value is -3.29. The molecule has 1 unspecified atom stereocenters. The van der Waals surface area contributed by atoms with Crippen molar-refractivity contribution in [3.63, 3.8) is 0 Å². The van der Waals surface area contributed by atoms with Crippen LogP contribution in [0.5, 0.6) is 0 Å². The van der Waals surface area contributed by atoms with Gasteiger partial charge in [0.2, 0.25) is 0 Å². The Morgan fingerprint density at radius 1 is 0.973 bits per heavy atom. The lowest BCUT2D eigenvalue weighted by Crippen LogP contribution is -2.26. The largest absolute Gasteiger partial charge is 0.416 e. The van der Waals surface area contributed by atoms with Crippen LogP contribution in [-0.4, -0.2) is 29.7 Å². The Labute approximate surface area is 211 Å². The summed E-state index contributed by atoms with van der Waals surface area (Å²) in [4.78, 5) is 3.27. The standard InChI is InChI=1S/C24H22F5N3O3S2/c1-15(22-21(37(3,34)35)12-18(14-32-22)24(28,29)30)31-13-16-7-4-5-10-20(16)36(2,33)19-9-6-8-17(11-19)23(25,26)27/h4-12,14,31H,1-2,13,30H2,3H3. The fourth-order valence-corrected chi connectivity index (χ4v) is 6.00. The van der Waals surface area contributed by atoms with Gasteiger partial charge in [0.1, 0.15) is 5.69 Å². The van der Waals surface area contributed by atoms with Gasteiger partial charge in [-0.1, -0.05) is 30.8 Å². The molecular formula is C24H22F5N3O3S2. The van der Waals surface area contributed by atoms with E-state index in [1.165, 1.54) is 12.1 Å². The molecule has 6 nitrogen and oxygen atoms in total.